The van der Waals surface area contributed by atoms with Crippen LogP contribution in [-0.2, 0) is 14.3 Å². The first-order chi connectivity index (χ1) is 9.93. The number of hydrogen-bond donors (Lipinski definition) is 2. The van der Waals surface area contributed by atoms with Crippen LogP contribution >= 0.6 is 0 Å². The minimum absolute atomic E-state index is 0.101. The second-order valence-electron chi connectivity index (χ2n) is 5.02. The summed E-state index contributed by atoms with van der Waals surface area (Å²) in [5.74, 6) is -1.09. The molecule has 1 aliphatic heterocycles. The standard InChI is InChI=1S/C13H23N3O5/c1-14-11(17)5-6-15(2)13(20)16-7-3-10(4-8-16)21-9-12(18)19/h10H,3-9H2,1-2H3,(H,14,17)(H,18,19). The molecular formula is C13H23N3O5. The largest absolute Gasteiger partial charge is 0.480 e. The summed E-state index contributed by atoms with van der Waals surface area (Å²) in [7, 11) is 3.23. The van der Waals surface area contributed by atoms with Crippen LogP contribution in [0.15, 0.2) is 0 Å². The summed E-state index contributed by atoms with van der Waals surface area (Å²) >= 11 is 0. The molecule has 0 atom stereocenters. The highest BCUT2D eigenvalue weighted by Crippen LogP contribution is 2.15. The van der Waals surface area contributed by atoms with Gasteiger partial charge in [-0.25, -0.2) is 9.59 Å². The molecule has 0 aliphatic carbocycles. The molecule has 21 heavy (non-hydrogen) atoms. The topological polar surface area (TPSA) is 99.2 Å². The van der Waals surface area contributed by atoms with Crippen molar-refractivity contribution in [2.45, 2.75) is 25.4 Å². The van der Waals surface area contributed by atoms with Crippen LogP contribution in [-0.4, -0.2) is 79.3 Å². The van der Waals surface area contributed by atoms with Gasteiger partial charge >= 0.3 is 12.0 Å². The number of ether oxygens (including phenoxy) is 1. The van der Waals surface area contributed by atoms with E-state index < -0.39 is 5.97 Å². The van der Waals surface area contributed by atoms with Gasteiger partial charge in [-0.05, 0) is 12.8 Å². The maximum Gasteiger partial charge on any atom is 0.329 e. The molecule has 0 radical (unpaired) electrons. The molecule has 1 heterocycles. The van der Waals surface area contributed by atoms with E-state index >= 15 is 0 Å². The molecule has 8 nitrogen and oxygen atoms in total. The molecular weight excluding hydrogens is 278 g/mol. The van der Waals surface area contributed by atoms with Crippen molar-refractivity contribution < 1.29 is 24.2 Å². The molecule has 8 heteroatoms. The Morgan fingerprint density at radius 2 is 1.95 bits per heavy atom. The fourth-order valence-corrected chi connectivity index (χ4v) is 2.13. The van der Waals surface area contributed by atoms with E-state index in [4.69, 9.17) is 9.84 Å². The Morgan fingerprint density at radius 1 is 1.33 bits per heavy atom. The van der Waals surface area contributed by atoms with E-state index in [1.54, 1.807) is 19.0 Å². The summed E-state index contributed by atoms with van der Waals surface area (Å²) in [4.78, 5) is 37.0. The molecule has 0 aromatic heterocycles. The molecule has 2 N–H and O–H groups in total. The van der Waals surface area contributed by atoms with Crippen molar-refractivity contribution in [1.29, 1.82) is 0 Å². The third-order valence-electron chi connectivity index (χ3n) is 3.43. The maximum absolute atomic E-state index is 12.2. The lowest BCUT2D eigenvalue weighted by Crippen LogP contribution is -2.47. The van der Waals surface area contributed by atoms with Crippen LogP contribution in [0, 0.1) is 0 Å². The summed E-state index contributed by atoms with van der Waals surface area (Å²) in [5.41, 5.74) is 0. The van der Waals surface area contributed by atoms with Crippen molar-refractivity contribution in [3.05, 3.63) is 0 Å². The van der Waals surface area contributed by atoms with Gasteiger partial charge in [-0.2, -0.15) is 0 Å². The molecule has 0 saturated carbocycles. The molecule has 120 valence electrons. The SMILES string of the molecule is CNC(=O)CCN(C)C(=O)N1CCC(OCC(=O)O)CC1. The number of carboxylic acid groups (broad SMARTS) is 1. The van der Waals surface area contributed by atoms with Gasteiger partial charge in [-0.3, -0.25) is 4.79 Å². The number of carbonyl (C=O) groups excluding carboxylic acids is 2. The summed E-state index contributed by atoms with van der Waals surface area (Å²) in [5, 5.41) is 11.1. The minimum atomic E-state index is -0.984. The number of amides is 3. The lowest BCUT2D eigenvalue weighted by molar-refractivity contribution is -0.145. The van der Waals surface area contributed by atoms with Crippen LogP contribution in [0.25, 0.3) is 0 Å². The number of carbonyl (C=O) groups is 3. The Kier molecular flexibility index (Phi) is 6.93. The summed E-state index contributed by atoms with van der Waals surface area (Å²) in [6, 6.07) is -0.115. The van der Waals surface area contributed by atoms with E-state index in [0.29, 0.717) is 32.5 Å². The van der Waals surface area contributed by atoms with Crippen LogP contribution in [0.3, 0.4) is 0 Å². The van der Waals surface area contributed by atoms with E-state index in [1.165, 1.54) is 4.90 Å². The highest BCUT2D eigenvalue weighted by molar-refractivity contribution is 5.78. The smallest absolute Gasteiger partial charge is 0.329 e. The molecule has 0 aromatic carbocycles. The van der Waals surface area contributed by atoms with Crippen molar-refractivity contribution in [2.24, 2.45) is 0 Å². The van der Waals surface area contributed by atoms with Gasteiger partial charge in [0.05, 0.1) is 6.10 Å². The van der Waals surface area contributed by atoms with Crippen LogP contribution < -0.4 is 5.32 Å². The first kappa shape index (κ1) is 17.2. The molecule has 0 spiro atoms. The molecule has 1 saturated heterocycles. The lowest BCUT2D eigenvalue weighted by Gasteiger charge is -2.34. The molecule has 3 amide bonds. The van der Waals surface area contributed by atoms with Crippen molar-refractivity contribution in [2.75, 3.05) is 40.3 Å². The summed E-state index contributed by atoms with van der Waals surface area (Å²) in [6.45, 7) is 1.14. The van der Waals surface area contributed by atoms with Crippen LogP contribution in [0.2, 0.25) is 0 Å². The molecule has 0 aromatic rings. The van der Waals surface area contributed by atoms with E-state index in [2.05, 4.69) is 5.32 Å². The summed E-state index contributed by atoms with van der Waals surface area (Å²) < 4.78 is 5.22. The van der Waals surface area contributed by atoms with Crippen LogP contribution in [0.5, 0.6) is 0 Å². The zero-order chi connectivity index (χ0) is 15.8. The predicted octanol–water partition coefficient (Wildman–Crippen LogP) is -0.260. The highest BCUT2D eigenvalue weighted by Gasteiger charge is 2.25. The van der Waals surface area contributed by atoms with Gasteiger partial charge in [0.2, 0.25) is 5.91 Å². The van der Waals surface area contributed by atoms with Crippen LogP contribution in [0.1, 0.15) is 19.3 Å². The van der Waals surface area contributed by atoms with E-state index in [9.17, 15) is 14.4 Å². The van der Waals surface area contributed by atoms with Crippen molar-refractivity contribution >= 4 is 17.9 Å². The van der Waals surface area contributed by atoms with Crippen LogP contribution in [0.4, 0.5) is 4.79 Å². The minimum Gasteiger partial charge on any atom is -0.480 e. The monoisotopic (exact) mass is 301 g/mol. The van der Waals surface area contributed by atoms with Gasteiger partial charge < -0.3 is 25.0 Å². The van der Waals surface area contributed by atoms with Gasteiger partial charge in [0.1, 0.15) is 6.61 Å². The average molecular weight is 301 g/mol. The Morgan fingerprint density at radius 3 is 2.48 bits per heavy atom. The third-order valence-corrected chi connectivity index (χ3v) is 3.43. The number of likely N-dealkylation sites (tertiary alicyclic amines) is 1. The van der Waals surface area contributed by atoms with Gasteiger partial charge in [-0.15, -0.1) is 0 Å². The Bertz CT molecular complexity index is 380. The second-order valence-corrected chi connectivity index (χ2v) is 5.02. The fourth-order valence-electron chi connectivity index (χ4n) is 2.13. The number of hydrogen-bond acceptors (Lipinski definition) is 4. The summed E-state index contributed by atoms with van der Waals surface area (Å²) in [6.07, 6.45) is 1.42. The fraction of sp³-hybridized carbons (Fsp3) is 0.769. The van der Waals surface area contributed by atoms with Crippen molar-refractivity contribution in [3.63, 3.8) is 0 Å². The first-order valence-electron chi connectivity index (χ1n) is 6.98. The number of aliphatic carboxylic acids is 1. The van der Waals surface area contributed by atoms with Gasteiger partial charge in [0.15, 0.2) is 0 Å². The van der Waals surface area contributed by atoms with E-state index in [-0.39, 0.29) is 31.1 Å². The zero-order valence-corrected chi connectivity index (χ0v) is 12.5. The highest BCUT2D eigenvalue weighted by atomic mass is 16.5. The van der Waals surface area contributed by atoms with Crippen molar-refractivity contribution in [3.8, 4) is 0 Å². The molecule has 1 fully saturated rings. The van der Waals surface area contributed by atoms with Gasteiger partial charge in [0.25, 0.3) is 0 Å². The zero-order valence-electron chi connectivity index (χ0n) is 12.5. The Balaban J connectivity index is 2.30. The van der Waals surface area contributed by atoms with Gasteiger partial charge in [-0.1, -0.05) is 0 Å². The number of urea groups is 1. The predicted molar refractivity (Wildman–Crippen MR) is 74.9 cm³/mol. The van der Waals surface area contributed by atoms with Crippen molar-refractivity contribution in [1.82, 2.24) is 15.1 Å². The Labute approximate surface area is 124 Å². The maximum atomic E-state index is 12.2. The van der Waals surface area contributed by atoms with E-state index in [0.717, 1.165) is 0 Å². The first-order valence-corrected chi connectivity index (χ1v) is 6.98. The lowest BCUT2D eigenvalue weighted by atomic mass is 10.1. The molecule has 0 unspecified atom stereocenters. The second kappa shape index (κ2) is 8.46. The number of nitrogens with zero attached hydrogens (tertiary/aromatic N) is 2. The number of piperidine rings is 1. The molecule has 0 bridgehead atoms. The normalized spacial score (nSPS) is 15.6. The molecule has 1 aliphatic rings. The number of carboxylic acids is 1. The van der Waals surface area contributed by atoms with Gasteiger partial charge in [0, 0.05) is 40.2 Å². The number of rotatable bonds is 6. The quantitative estimate of drug-likeness (QED) is 0.704. The average Bonchev–Trinajstić information content (AvgIpc) is 2.49. The third kappa shape index (κ3) is 5.99. The van der Waals surface area contributed by atoms with E-state index in [1.807, 2.05) is 0 Å². The molecule has 1 rings (SSSR count). The Hall–Kier alpha value is -1.83. The number of nitrogens with one attached hydrogen (secondary N) is 1.